The molecule has 2 aliphatic rings. The number of nitrogens with zero attached hydrogens (tertiary/aromatic N) is 3. The number of hydrogen-bond acceptors (Lipinski definition) is 7. The molecule has 47 heavy (non-hydrogen) atoms. The van der Waals surface area contributed by atoms with E-state index in [-0.39, 0.29) is 28.8 Å². The third-order valence-electron chi connectivity index (χ3n) is 8.73. The van der Waals surface area contributed by atoms with Gasteiger partial charge in [0, 0.05) is 65.5 Å². The van der Waals surface area contributed by atoms with Crippen molar-refractivity contribution in [1.29, 1.82) is 0 Å². The predicted molar refractivity (Wildman–Crippen MR) is 162 cm³/mol. The molecule has 0 bridgehead atoms. The molecule has 3 atom stereocenters. The number of pyridine rings is 1. The second-order valence-electron chi connectivity index (χ2n) is 11.4. The third kappa shape index (κ3) is 7.27. The maximum absolute atomic E-state index is 15.6. The molecule has 1 N–H and O–H groups in total. The molecule has 3 aromatic rings. The Bertz CT molecular complexity index is 1560. The van der Waals surface area contributed by atoms with Crippen LogP contribution in [0.3, 0.4) is 0 Å². The topological polar surface area (TPSA) is 93.2 Å². The van der Waals surface area contributed by atoms with E-state index < -0.39 is 60.3 Å². The minimum absolute atomic E-state index is 0.000777. The maximum Gasteiger partial charge on any atom is 0.387 e. The van der Waals surface area contributed by atoms with Gasteiger partial charge >= 0.3 is 6.61 Å². The fourth-order valence-corrected chi connectivity index (χ4v) is 6.37. The number of alkyl halides is 3. The molecule has 252 valence electrons. The van der Waals surface area contributed by atoms with Gasteiger partial charge in [-0.05, 0) is 57.1 Å². The molecule has 0 spiro atoms. The van der Waals surface area contributed by atoms with E-state index in [4.69, 9.17) is 14.5 Å². The van der Waals surface area contributed by atoms with Crippen molar-refractivity contribution in [3.05, 3.63) is 77.0 Å². The SMILES string of the molecule is COc1cc(C2CCN(CCF)CC2)nc(N2C(=O)C(NC(=O)c3ccc(OC(F)F)cc3)[C@H](c3c(F)cc(OC)cc3F)[C@@H]2C)c1. The molecule has 2 amide bonds. The summed E-state index contributed by atoms with van der Waals surface area (Å²) < 4.78 is 84.1. The number of aromatic nitrogens is 1. The summed E-state index contributed by atoms with van der Waals surface area (Å²) in [5, 5.41) is 2.61. The Morgan fingerprint density at radius 2 is 1.60 bits per heavy atom. The monoisotopic (exact) mass is 662 g/mol. The van der Waals surface area contributed by atoms with Gasteiger partial charge in [-0.25, -0.2) is 18.2 Å². The van der Waals surface area contributed by atoms with Crippen molar-refractivity contribution in [3.8, 4) is 17.2 Å². The number of nitrogens with one attached hydrogen (secondary N) is 1. The summed E-state index contributed by atoms with van der Waals surface area (Å²) >= 11 is 0. The second-order valence-corrected chi connectivity index (χ2v) is 11.4. The number of benzene rings is 2. The van der Waals surface area contributed by atoms with Gasteiger partial charge in [0.1, 0.15) is 47.4 Å². The highest BCUT2D eigenvalue weighted by molar-refractivity contribution is 6.05. The van der Waals surface area contributed by atoms with Gasteiger partial charge in [-0.2, -0.15) is 8.78 Å². The van der Waals surface area contributed by atoms with Crippen LogP contribution in [-0.2, 0) is 4.79 Å². The average molecular weight is 663 g/mol. The lowest BCUT2D eigenvalue weighted by atomic mass is 9.87. The van der Waals surface area contributed by atoms with E-state index in [9.17, 15) is 22.8 Å². The summed E-state index contributed by atoms with van der Waals surface area (Å²) in [7, 11) is 2.72. The van der Waals surface area contributed by atoms with Crippen LogP contribution < -0.4 is 24.4 Å². The number of piperidine rings is 1. The van der Waals surface area contributed by atoms with Crippen LogP contribution in [0.5, 0.6) is 17.2 Å². The highest BCUT2D eigenvalue weighted by Gasteiger charge is 2.50. The first-order chi connectivity index (χ1) is 22.5. The number of rotatable bonds is 11. The highest BCUT2D eigenvalue weighted by Crippen LogP contribution is 2.42. The van der Waals surface area contributed by atoms with Crippen molar-refractivity contribution in [3.63, 3.8) is 0 Å². The summed E-state index contributed by atoms with van der Waals surface area (Å²) in [6, 6.07) is 7.72. The van der Waals surface area contributed by atoms with Gasteiger partial charge in [-0.15, -0.1) is 0 Å². The van der Waals surface area contributed by atoms with Gasteiger partial charge in [0.15, 0.2) is 0 Å². The number of anilines is 1. The minimum atomic E-state index is -3.06. The Hall–Kier alpha value is -4.46. The van der Waals surface area contributed by atoms with E-state index in [2.05, 4.69) is 10.1 Å². The van der Waals surface area contributed by atoms with Crippen molar-refractivity contribution in [2.24, 2.45) is 0 Å². The largest absolute Gasteiger partial charge is 0.497 e. The van der Waals surface area contributed by atoms with Gasteiger partial charge in [0.2, 0.25) is 0 Å². The number of hydrogen-bond donors (Lipinski definition) is 1. The Morgan fingerprint density at radius 1 is 0.979 bits per heavy atom. The molecule has 1 aromatic heterocycles. The fourth-order valence-electron chi connectivity index (χ4n) is 6.37. The first-order valence-corrected chi connectivity index (χ1v) is 15.1. The van der Waals surface area contributed by atoms with Gasteiger partial charge < -0.3 is 24.4 Å². The van der Waals surface area contributed by atoms with Crippen LogP contribution in [0.2, 0.25) is 0 Å². The molecule has 0 aliphatic carbocycles. The molecule has 14 heteroatoms. The molecule has 9 nitrogen and oxygen atoms in total. The number of likely N-dealkylation sites (tertiary alicyclic amines) is 1. The van der Waals surface area contributed by atoms with E-state index in [1.807, 2.05) is 4.90 Å². The molecule has 3 heterocycles. The average Bonchev–Trinajstić information content (AvgIpc) is 3.29. The summed E-state index contributed by atoms with van der Waals surface area (Å²) in [6.07, 6.45) is 1.40. The zero-order valence-corrected chi connectivity index (χ0v) is 26.0. The van der Waals surface area contributed by atoms with Gasteiger partial charge in [-0.3, -0.25) is 14.5 Å². The molecular weight excluding hydrogens is 627 g/mol. The Morgan fingerprint density at radius 3 is 2.17 bits per heavy atom. The lowest BCUT2D eigenvalue weighted by Crippen LogP contribution is -2.44. The number of amides is 2. The molecule has 0 saturated carbocycles. The maximum atomic E-state index is 15.6. The smallest absolute Gasteiger partial charge is 0.387 e. The first-order valence-electron chi connectivity index (χ1n) is 15.1. The van der Waals surface area contributed by atoms with Crippen molar-refractivity contribution in [2.45, 2.75) is 50.3 Å². The lowest BCUT2D eigenvalue weighted by Gasteiger charge is -2.32. The quantitative estimate of drug-likeness (QED) is 0.273. The number of carbonyl (C=O) groups is 2. The van der Waals surface area contributed by atoms with Gasteiger partial charge in [0.05, 0.1) is 14.2 Å². The lowest BCUT2D eigenvalue weighted by molar-refractivity contribution is -0.118. The van der Waals surface area contributed by atoms with E-state index in [1.165, 1.54) is 31.3 Å². The van der Waals surface area contributed by atoms with E-state index in [0.717, 1.165) is 24.3 Å². The van der Waals surface area contributed by atoms with E-state index >= 15 is 8.78 Å². The van der Waals surface area contributed by atoms with Crippen LogP contribution in [0, 0.1) is 11.6 Å². The van der Waals surface area contributed by atoms with Crippen molar-refractivity contribution in [1.82, 2.24) is 15.2 Å². The van der Waals surface area contributed by atoms with Crippen LogP contribution >= 0.6 is 0 Å². The summed E-state index contributed by atoms with van der Waals surface area (Å²) in [5.74, 6) is -4.29. The second kappa shape index (κ2) is 14.5. The van der Waals surface area contributed by atoms with Crippen molar-refractivity contribution in [2.75, 3.05) is 45.4 Å². The normalized spacial score (nSPS) is 20.5. The molecule has 2 saturated heterocycles. The van der Waals surface area contributed by atoms with E-state index in [1.54, 1.807) is 19.1 Å². The molecule has 5 rings (SSSR count). The first kappa shape index (κ1) is 33.9. The Balaban J connectivity index is 1.51. The van der Waals surface area contributed by atoms with Gasteiger partial charge in [-0.1, -0.05) is 0 Å². The van der Waals surface area contributed by atoms with Crippen molar-refractivity contribution >= 4 is 17.6 Å². The molecule has 2 fully saturated rings. The number of carbonyl (C=O) groups excluding carboxylic acids is 2. The molecule has 1 unspecified atom stereocenters. The Kier molecular flexibility index (Phi) is 10.5. The van der Waals surface area contributed by atoms with Crippen LogP contribution in [0.15, 0.2) is 48.5 Å². The summed E-state index contributed by atoms with van der Waals surface area (Å²) in [6.45, 7) is -0.206. The molecule has 0 radical (unpaired) electrons. The number of methoxy groups -OCH3 is 2. The van der Waals surface area contributed by atoms with Crippen LogP contribution in [0.4, 0.5) is 27.8 Å². The van der Waals surface area contributed by atoms with Gasteiger partial charge in [0.25, 0.3) is 11.8 Å². The summed E-state index contributed by atoms with van der Waals surface area (Å²) in [4.78, 5) is 35.7. The zero-order valence-electron chi connectivity index (χ0n) is 26.0. The molecule has 2 aliphatic heterocycles. The Labute approximate surface area is 268 Å². The highest BCUT2D eigenvalue weighted by atomic mass is 19.3. The van der Waals surface area contributed by atoms with Crippen LogP contribution in [-0.4, -0.2) is 80.9 Å². The third-order valence-corrected chi connectivity index (χ3v) is 8.73. The number of halogens is 5. The molecule has 2 aromatic carbocycles. The fraction of sp³-hybridized carbons (Fsp3) is 0.424. The van der Waals surface area contributed by atoms with E-state index in [0.29, 0.717) is 43.9 Å². The van der Waals surface area contributed by atoms with Crippen molar-refractivity contribution < 1.29 is 45.8 Å². The molecular formula is C33H35F5N4O5. The minimum Gasteiger partial charge on any atom is -0.497 e. The summed E-state index contributed by atoms with van der Waals surface area (Å²) in [5.41, 5.74) is 0.223. The zero-order chi connectivity index (χ0) is 33.8. The predicted octanol–water partition coefficient (Wildman–Crippen LogP) is 5.44. The van der Waals surface area contributed by atoms with Crippen LogP contribution in [0.25, 0.3) is 0 Å². The number of ether oxygens (including phenoxy) is 3. The standard InChI is InChI=1S/C33H35F5N4O5/c1-18-28(29-24(35)14-22(45-2)15-25(29)36)30(40-31(43)20-4-6-21(7-5-20)47-33(37)38)32(44)42(18)27-17-23(46-3)16-26(39-27)19-8-11-41(12-9-19)13-10-34/h4-7,14-19,28,30,33H,8-13H2,1-3H3,(H,40,43)/t18-,28-,30?/m0/s1. The van der Waals surface area contributed by atoms with Crippen LogP contribution in [0.1, 0.15) is 53.2 Å².